The molecular formula is C21H38Cl4N6O6. The Morgan fingerprint density at radius 1 is 0.568 bits per heavy atom. The number of hydrogen-bond acceptors (Lipinski definition) is 12. The van der Waals surface area contributed by atoms with Crippen LogP contribution in [0, 0.1) is 0 Å². The number of methoxy groups -OCH3 is 2. The zero-order valence-electron chi connectivity index (χ0n) is 20.8. The summed E-state index contributed by atoms with van der Waals surface area (Å²) in [5.74, 6) is 0. The highest BCUT2D eigenvalue weighted by atomic mass is 35.5. The Morgan fingerprint density at radius 3 is 1.14 bits per heavy atom. The molecule has 0 aromatic carbocycles. The van der Waals surface area contributed by atoms with Gasteiger partial charge in [-0.3, -0.25) is 0 Å². The van der Waals surface area contributed by atoms with E-state index < -0.39 is 0 Å². The summed E-state index contributed by atoms with van der Waals surface area (Å²) in [5, 5.41) is 16.0. The van der Waals surface area contributed by atoms with Gasteiger partial charge in [-0.05, 0) is 59.2 Å². The van der Waals surface area contributed by atoms with Gasteiger partial charge >= 0.3 is 12.0 Å². The molecule has 2 rings (SSSR count). The lowest BCUT2D eigenvalue weighted by atomic mass is 10.4. The van der Waals surface area contributed by atoms with Crippen molar-refractivity contribution in [2.24, 2.45) is 0 Å². The van der Waals surface area contributed by atoms with Gasteiger partial charge in [0.05, 0.1) is 39.6 Å². The highest BCUT2D eigenvalue weighted by molar-refractivity contribution is 6.33. The molecule has 0 saturated heterocycles. The second-order valence-corrected chi connectivity index (χ2v) is 7.50. The van der Waals surface area contributed by atoms with E-state index in [1.54, 1.807) is 14.2 Å². The van der Waals surface area contributed by atoms with Gasteiger partial charge < -0.3 is 29.2 Å². The third kappa shape index (κ3) is 27.5. The minimum atomic E-state index is 0. The minimum Gasteiger partial charge on any atom is -0.463 e. The molecule has 2 aromatic heterocycles. The van der Waals surface area contributed by atoms with Crippen LogP contribution in [0.2, 0.25) is 21.1 Å². The molecule has 0 fully saturated rings. The molecule has 0 amide bonds. The first-order chi connectivity index (χ1) is 17.3. The van der Waals surface area contributed by atoms with E-state index in [0.29, 0.717) is 26.4 Å². The maximum atomic E-state index is 7.94. The second kappa shape index (κ2) is 29.2. The van der Waals surface area contributed by atoms with Crippen LogP contribution in [0.1, 0.15) is 47.0 Å². The first kappa shape index (κ1) is 40.1. The van der Waals surface area contributed by atoms with Crippen molar-refractivity contribution in [3.8, 4) is 12.0 Å². The Morgan fingerprint density at radius 2 is 0.892 bits per heavy atom. The molecule has 0 atom stereocenters. The lowest BCUT2D eigenvalue weighted by Gasteiger charge is -2.06. The second-order valence-electron chi connectivity index (χ2n) is 6.15. The molecule has 16 heteroatoms. The normalized spacial score (nSPS) is 9.35. The molecule has 12 nitrogen and oxygen atoms in total. The van der Waals surface area contributed by atoms with Crippen LogP contribution >= 0.6 is 46.4 Å². The Balaban J connectivity index is -0.000000483. The largest absolute Gasteiger partial charge is 0.463 e. The molecule has 216 valence electrons. The molecular weight excluding hydrogens is 574 g/mol. The van der Waals surface area contributed by atoms with Crippen molar-refractivity contribution in [1.29, 1.82) is 0 Å². The first-order valence-electron chi connectivity index (χ1n) is 10.9. The first-order valence-corrected chi connectivity index (χ1v) is 12.4. The summed E-state index contributed by atoms with van der Waals surface area (Å²) in [5.41, 5.74) is 0. The molecule has 2 heterocycles. The van der Waals surface area contributed by atoms with Crippen LogP contribution in [0.4, 0.5) is 0 Å². The molecule has 0 unspecified atom stereocenters. The SMILES string of the molecule is C.CCCCOc1nc(Cl)nc(OCCCC)n1.COCCO.COCCO.Clc1nc(Cl)nc(Cl)n1. The number of rotatable bonds is 12. The Kier molecular flexibility index (Phi) is 31.6. The number of aliphatic hydroxyl groups is 2. The fraction of sp³-hybridized carbons (Fsp3) is 0.714. The summed E-state index contributed by atoms with van der Waals surface area (Å²) in [6.07, 6.45) is 4.02. The quantitative estimate of drug-likeness (QED) is 0.322. The molecule has 2 aromatic rings. The zero-order valence-corrected chi connectivity index (χ0v) is 23.8. The molecule has 37 heavy (non-hydrogen) atoms. The molecule has 0 spiro atoms. The molecule has 0 aliphatic heterocycles. The zero-order chi connectivity index (χ0) is 27.6. The number of unbranched alkanes of at least 4 members (excludes halogenated alkanes) is 2. The average Bonchev–Trinajstić information content (AvgIpc) is 2.81. The van der Waals surface area contributed by atoms with Gasteiger partial charge in [0.15, 0.2) is 0 Å². The lowest BCUT2D eigenvalue weighted by molar-refractivity contribution is 0.135. The van der Waals surface area contributed by atoms with Crippen LogP contribution in [0.3, 0.4) is 0 Å². The molecule has 0 bridgehead atoms. The number of aromatic nitrogens is 6. The van der Waals surface area contributed by atoms with Gasteiger partial charge in [0.2, 0.25) is 21.1 Å². The van der Waals surface area contributed by atoms with Crippen LogP contribution in [-0.2, 0) is 9.47 Å². The van der Waals surface area contributed by atoms with E-state index >= 15 is 0 Å². The van der Waals surface area contributed by atoms with E-state index in [1.165, 1.54) is 0 Å². The summed E-state index contributed by atoms with van der Waals surface area (Å²) >= 11 is 21.7. The van der Waals surface area contributed by atoms with Gasteiger partial charge in [-0.2, -0.15) is 24.9 Å². The Bertz CT molecular complexity index is 698. The molecule has 2 N–H and O–H groups in total. The number of ether oxygens (including phenoxy) is 4. The van der Waals surface area contributed by atoms with Gasteiger partial charge in [0.25, 0.3) is 0 Å². The summed E-state index contributed by atoms with van der Waals surface area (Å²) in [4.78, 5) is 22.2. The van der Waals surface area contributed by atoms with Crippen molar-refractivity contribution >= 4 is 46.4 Å². The third-order valence-corrected chi connectivity index (χ3v) is 3.85. The average molecular weight is 612 g/mol. The highest BCUT2D eigenvalue weighted by Crippen LogP contribution is 2.13. The van der Waals surface area contributed by atoms with Crippen molar-refractivity contribution < 1.29 is 29.2 Å². The maximum absolute atomic E-state index is 7.94. The van der Waals surface area contributed by atoms with Crippen LogP contribution < -0.4 is 9.47 Å². The van der Waals surface area contributed by atoms with Crippen molar-refractivity contribution in [3.05, 3.63) is 21.1 Å². The molecule has 0 radical (unpaired) electrons. The fourth-order valence-electron chi connectivity index (χ4n) is 1.55. The van der Waals surface area contributed by atoms with Gasteiger partial charge in [-0.1, -0.05) is 34.1 Å². The van der Waals surface area contributed by atoms with Crippen molar-refractivity contribution in [1.82, 2.24) is 29.9 Å². The molecule has 0 aliphatic carbocycles. The Labute approximate surface area is 239 Å². The number of halogens is 4. The standard InChI is InChI=1S/C11H18ClN3O2.C3Cl3N3.2C3H8O2.CH4/c1-3-5-7-16-10-13-9(12)14-11(15-10)17-8-6-4-2;4-1-7-2(5)9-3(6)8-1;2*1-5-3-2-4;/h3-8H2,1-2H3;;2*4H,2-3H2,1H3;1H4. The van der Waals surface area contributed by atoms with Crippen LogP contribution in [0.25, 0.3) is 0 Å². The van der Waals surface area contributed by atoms with Crippen molar-refractivity contribution in [3.63, 3.8) is 0 Å². The highest BCUT2D eigenvalue weighted by Gasteiger charge is 2.06. The van der Waals surface area contributed by atoms with E-state index in [9.17, 15) is 0 Å². The smallest absolute Gasteiger partial charge is 0.323 e. The van der Waals surface area contributed by atoms with E-state index in [-0.39, 0.29) is 53.8 Å². The number of hydrogen-bond donors (Lipinski definition) is 2. The topological polar surface area (TPSA) is 155 Å². The van der Waals surface area contributed by atoms with Crippen LogP contribution in [-0.4, -0.2) is 94.0 Å². The van der Waals surface area contributed by atoms with Crippen molar-refractivity contribution in [2.45, 2.75) is 47.0 Å². The summed E-state index contributed by atoms with van der Waals surface area (Å²) < 4.78 is 19.6. The van der Waals surface area contributed by atoms with Gasteiger partial charge in [0.1, 0.15) is 0 Å². The summed E-state index contributed by atoms with van der Waals surface area (Å²) in [7, 11) is 3.10. The molecule has 0 saturated carbocycles. The summed E-state index contributed by atoms with van der Waals surface area (Å²) in [6, 6.07) is 0.454. The van der Waals surface area contributed by atoms with Crippen molar-refractivity contribution in [2.75, 3.05) is 53.9 Å². The van der Waals surface area contributed by atoms with E-state index in [2.05, 4.69) is 53.2 Å². The fourth-order valence-corrected chi connectivity index (χ4v) is 2.30. The van der Waals surface area contributed by atoms with Crippen LogP contribution in [0.15, 0.2) is 0 Å². The summed E-state index contributed by atoms with van der Waals surface area (Å²) in [6.45, 7) is 6.45. The van der Waals surface area contributed by atoms with E-state index in [0.717, 1.165) is 25.7 Å². The third-order valence-electron chi connectivity index (χ3n) is 3.17. The Hall–Kier alpha value is -1.38. The lowest BCUT2D eigenvalue weighted by Crippen LogP contribution is -2.06. The van der Waals surface area contributed by atoms with Gasteiger partial charge in [-0.25, -0.2) is 0 Å². The monoisotopic (exact) mass is 610 g/mol. The number of aliphatic hydroxyl groups excluding tert-OH is 2. The van der Waals surface area contributed by atoms with Gasteiger partial charge in [0, 0.05) is 14.2 Å². The van der Waals surface area contributed by atoms with Gasteiger partial charge in [-0.15, -0.1) is 4.98 Å². The molecule has 0 aliphatic rings. The van der Waals surface area contributed by atoms with Crippen LogP contribution in [0.5, 0.6) is 12.0 Å². The minimum absolute atomic E-state index is 0. The number of nitrogens with zero attached hydrogens (tertiary/aromatic N) is 6. The maximum Gasteiger partial charge on any atom is 0.323 e. The van der Waals surface area contributed by atoms with E-state index in [1.807, 2.05) is 0 Å². The predicted molar refractivity (Wildman–Crippen MR) is 145 cm³/mol. The predicted octanol–water partition coefficient (Wildman–Crippen LogP) is 4.60. The van der Waals surface area contributed by atoms with E-state index in [4.69, 9.17) is 66.1 Å².